The summed E-state index contributed by atoms with van der Waals surface area (Å²) in [6, 6.07) is 24.8. The van der Waals surface area contributed by atoms with Crippen LogP contribution in [0.2, 0.25) is 10.0 Å². The Kier molecular flexibility index (Phi) is 6.21. The molecule has 0 aliphatic rings. The van der Waals surface area contributed by atoms with Crippen molar-refractivity contribution in [2.45, 2.75) is 0 Å². The van der Waals surface area contributed by atoms with Gasteiger partial charge in [0.05, 0.1) is 28.2 Å². The maximum Gasteiger partial charge on any atom is 0.176 e. The lowest BCUT2D eigenvalue weighted by atomic mass is 10.1. The molecule has 2 heterocycles. The minimum Gasteiger partial charge on any atom is -0.493 e. The van der Waals surface area contributed by atoms with Gasteiger partial charge in [-0.1, -0.05) is 65.7 Å². The van der Waals surface area contributed by atoms with E-state index < -0.39 is 0 Å². The molecule has 5 aromatic rings. The third-order valence-electron chi connectivity index (χ3n) is 5.19. The Balaban J connectivity index is 1.62. The first-order valence-corrected chi connectivity index (χ1v) is 11.3. The minimum atomic E-state index is 0.430. The third kappa shape index (κ3) is 4.36. The average Bonchev–Trinajstić information content (AvgIpc) is 3.22. The van der Waals surface area contributed by atoms with Gasteiger partial charge in [0.15, 0.2) is 17.3 Å². The highest BCUT2D eigenvalue weighted by Gasteiger charge is 2.15. The Hall–Kier alpha value is -3.80. The van der Waals surface area contributed by atoms with Crippen LogP contribution in [0, 0.1) is 0 Å². The summed E-state index contributed by atoms with van der Waals surface area (Å²) in [7, 11) is 1.62. The number of nitrogens with zero attached hydrogens (tertiary/aromatic N) is 3. The average molecular weight is 488 g/mol. The summed E-state index contributed by atoms with van der Waals surface area (Å²) in [5.74, 6) is 3.16. The van der Waals surface area contributed by atoms with Gasteiger partial charge < -0.3 is 9.47 Å². The number of methoxy groups -OCH3 is 1. The highest BCUT2D eigenvalue weighted by atomic mass is 35.5. The molecule has 2 aromatic heterocycles. The number of aromatic nitrogens is 3. The van der Waals surface area contributed by atoms with Crippen LogP contribution < -0.4 is 9.47 Å². The molecule has 3 aromatic carbocycles. The summed E-state index contributed by atoms with van der Waals surface area (Å²) >= 11 is 12.6. The van der Waals surface area contributed by atoms with Crippen molar-refractivity contribution < 1.29 is 9.47 Å². The van der Waals surface area contributed by atoms with Crippen molar-refractivity contribution in [3.05, 3.63) is 106 Å². The van der Waals surface area contributed by atoms with Crippen molar-refractivity contribution in [3.63, 3.8) is 0 Å². The fraction of sp³-hybridized carbons (Fsp3) is 0.0370. The van der Waals surface area contributed by atoms with Crippen LogP contribution >= 0.6 is 23.2 Å². The lowest BCUT2D eigenvalue weighted by Crippen LogP contribution is -2.01. The van der Waals surface area contributed by atoms with Gasteiger partial charge in [0.2, 0.25) is 0 Å². The Labute approximate surface area is 206 Å². The smallest absolute Gasteiger partial charge is 0.176 e. The number of hydrogen-bond acceptors (Lipinski definition) is 4. The first-order chi connectivity index (χ1) is 16.6. The molecule has 168 valence electrons. The Morgan fingerprint density at radius 2 is 1.68 bits per heavy atom. The number of fused-ring (bicyclic) bond motifs is 1. The van der Waals surface area contributed by atoms with E-state index >= 15 is 0 Å². The normalized spacial score (nSPS) is 11.3. The van der Waals surface area contributed by atoms with Crippen LogP contribution in [0.3, 0.4) is 0 Å². The standard InChI is InChI=1S/C27H19Cl2N3O2/c1-33-24-13-7-8-18(26(24)34-20-9-3-2-4-10-20)14-15-25-31-22-11-5-6-12-23(22)32(25)27-21(29)16-19(28)17-30-27/h2-17H,1H3/b15-14+. The van der Waals surface area contributed by atoms with Crippen molar-refractivity contribution in [1.29, 1.82) is 0 Å². The van der Waals surface area contributed by atoms with E-state index in [1.807, 2.05) is 89.5 Å². The highest BCUT2D eigenvalue weighted by Crippen LogP contribution is 2.36. The Morgan fingerprint density at radius 3 is 2.47 bits per heavy atom. The second-order valence-corrected chi connectivity index (χ2v) is 8.22. The number of pyridine rings is 1. The number of para-hydroxylation sites is 4. The number of benzene rings is 3. The molecule has 5 nitrogen and oxygen atoms in total. The van der Waals surface area contributed by atoms with Gasteiger partial charge in [-0.05, 0) is 48.6 Å². The van der Waals surface area contributed by atoms with Crippen molar-refractivity contribution in [1.82, 2.24) is 14.5 Å². The van der Waals surface area contributed by atoms with Crippen LogP contribution in [-0.4, -0.2) is 21.6 Å². The van der Waals surface area contributed by atoms with E-state index in [1.165, 1.54) is 0 Å². The molecule has 0 bridgehead atoms. The van der Waals surface area contributed by atoms with Crippen LogP contribution in [0.1, 0.15) is 11.4 Å². The van der Waals surface area contributed by atoms with E-state index in [0.717, 1.165) is 16.6 Å². The van der Waals surface area contributed by atoms with Crippen LogP contribution in [-0.2, 0) is 0 Å². The number of rotatable bonds is 6. The summed E-state index contributed by atoms with van der Waals surface area (Å²) in [4.78, 5) is 9.26. The van der Waals surface area contributed by atoms with E-state index in [9.17, 15) is 0 Å². The van der Waals surface area contributed by atoms with E-state index in [-0.39, 0.29) is 0 Å². The fourth-order valence-electron chi connectivity index (χ4n) is 3.66. The lowest BCUT2D eigenvalue weighted by molar-refractivity contribution is 0.378. The third-order valence-corrected chi connectivity index (χ3v) is 5.68. The predicted molar refractivity (Wildman–Crippen MR) is 137 cm³/mol. The summed E-state index contributed by atoms with van der Waals surface area (Å²) in [6.45, 7) is 0. The number of ether oxygens (including phenoxy) is 2. The molecule has 0 N–H and O–H groups in total. The second kappa shape index (κ2) is 9.59. The van der Waals surface area contributed by atoms with Gasteiger partial charge in [-0.25, -0.2) is 9.97 Å². The van der Waals surface area contributed by atoms with Crippen molar-refractivity contribution in [2.75, 3.05) is 7.11 Å². The Bertz CT molecular complexity index is 1500. The zero-order chi connectivity index (χ0) is 23.5. The SMILES string of the molecule is COc1cccc(/C=C/c2nc3ccccc3n2-c2ncc(Cl)cc2Cl)c1Oc1ccccc1. The van der Waals surface area contributed by atoms with Crippen LogP contribution in [0.15, 0.2) is 85.1 Å². The highest BCUT2D eigenvalue weighted by molar-refractivity contribution is 6.35. The van der Waals surface area contributed by atoms with Crippen molar-refractivity contribution in [2.24, 2.45) is 0 Å². The summed E-state index contributed by atoms with van der Waals surface area (Å²) in [6.07, 6.45) is 5.40. The summed E-state index contributed by atoms with van der Waals surface area (Å²) < 4.78 is 13.6. The molecule has 7 heteroatoms. The van der Waals surface area contributed by atoms with Crippen LogP contribution in [0.4, 0.5) is 0 Å². The molecule has 34 heavy (non-hydrogen) atoms. The molecule has 0 fully saturated rings. The zero-order valence-electron chi connectivity index (χ0n) is 18.2. The topological polar surface area (TPSA) is 49.2 Å². The first kappa shape index (κ1) is 22.0. The quantitative estimate of drug-likeness (QED) is 0.246. The van der Waals surface area contributed by atoms with Crippen LogP contribution in [0.25, 0.3) is 29.0 Å². The molecule has 0 saturated heterocycles. The van der Waals surface area contributed by atoms with E-state index in [1.54, 1.807) is 19.4 Å². The molecular formula is C27H19Cl2N3O2. The van der Waals surface area contributed by atoms with Gasteiger partial charge in [-0.3, -0.25) is 4.57 Å². The molecular weight excluding hydrogens is 469 g/mol. The molecule has 0 saturated carbocycles. The van der Waals surface area contributed by atoms with Crippen LogP contribution in [0.5, 0.6) is 17.2 Å². The van der Waals surface area contributed by atoms with Gasteiger partial charge >= 0.3 is 0 Å². The van der Waals surface area contributed by atoms with Gasteiger partial charge in [-0.2, -0.15) is 0 Å². The van der Waals surface area contributed by atoms with E-state index in [4.69, 9.17) is 37.7 Å². The second-order valence-electron chi connectivity index (χ2n) is 7.38. The molecule has 0 spiro atoms. The number of imidazole rings is 1. The van der Waals surface area contributed by atoms with Crippen molar-refractivity contribution in [3.8, 4) is 23.1 Å². The molecule has 0 unspecified atom stereocenters. The Morgan fingerprint density at radius 1 is 0.882 bits per heavy atom. The fourth-order valence-corrected chi connectivity index (χ4v) is 4.12. The van der Waals surface area contributed by atoms with Gasteiger partial charge in [0, 0.05) is 11.8 Å². The van der Waals surface area contributed by atoms with Crippen molar-refractivity contribution >= 4 is 46.4 Å². The monoisotopic (exact) mass is 487 g/mol. The molecule has 5 rings (SSSR count). The van der Waals surface area contributed by atoms with Gasteiger partial charge in [0.25, 0.3) is 0 Å². The number of halogens is 2. The summed E-state index contributed by atoms with van der Waals surface area (Å²) in [5.41, 5.74) is 2.53. The van der Waals surface area contributed by atoms with Gasteiger partial charge in [0.1, 0.15) is 11.6 Å². The molecule has 0 amide bonds. The minimum absolute atomic E-state index is 0.430. The largest absolute Gasteiger partial charge is 0.493 e. The number of hydrogen-bond donors (Lipinski definition) is 0. The molecule has 0 aliphatic heterocycles. The molecule has 0 aliphatic carbocycles. The summed E-state index contributed by atoms with van der Waals surface area (Å²) in [5, 5.41) is 0.897. The first-order valence-electron chi connectivity index (χ1n) is 10.5. The molecule has 0 radical (unpaired) electrons. The van der Waals surface area contributed by atoms with E-state index in [0.29, 0.717) is 38.9 Å². The zero-order valence-corrected chi connectivity index (χ0v) is 19.7. The maximum atomic E-state index is 6.51. The predicted octanol–water partition coefficient (Wildman–Crippen LogP) is 7.70. The maximum absolute atomic E-state index is 6.51. The van der Waals surface area contributed by atoms with Gasteiger partial charge in [-0.15, -0.1) is 0 Å². The van der Waals surface area contributed by atoms with E-state index in [2.05, 4.69) is 4.98 Å². The lowest BCUT2D eigenvalue weighted by Gasteiger charge is -2.13. The molecule has 0 atom stereocenters.